The van der Waals surface area contributed by atoms with Gasteiger partial charge in [-0.25, -0.2) is 0 Å². The average Bonchev–Trinajstić information content (AvgIpc) is 2.78. The van der Waals surface area contributed by atoms with Crippen LogP contribution in [0.25, 0.3) is 0 Å². The van der Waals surface area contributed by atoms with E-state index in [1.807, 2.05) is 12.1 Å². The monoisotopic (exact) mass is 248 g/mol. The highest BCUT2D eigenvalue weighted by atomic mass is 16.3. The van der Waals surface area contributed by atoms with Gasteiger partial charge >= 0.3 is 0 Å². The van der Waals surface area contributed by atoms with Gasteiger partial charge in [0.2, 0.25) is 5.91 Å². The molecule has 1 saturated heterocycles. The lowest BCUT2D eigenvalue weighted by Crippen LogP contribution is -2.35. The second-order valence-corrected chi connectivity index (χ2v) is 4.95. The minimum absolute atomic E-state index is 0.102. The van der Waals surface area contributed by atoms with Gasteiger partial charge in [0.25, 0.3) is 0 Å². The lowest BCUT2D eigenvalue weighted by Gasteiger charge is -2.14. The van der Waals surface area contributed by atoms with Gasteiger partial charge in [-0.1, -0.05) is 19.1 Å². The Labute approximate surface area is 107 Å². The molecule has 0 radical (unpaired) electrons. The van der Waals surface area contributed by atoms with Crippen molar-refractivity contribution in [2.24, 2.45) is 11.8 Å². The Morgan fingerprint density at radius 1 is 1.39 bits per heavy atom. The fourth-order valence-electron chi connectivity index (χ4n) is 2.28. The Kier molecular flexibility index (Phi) is 4.20. The van der Waals surface area contributed by atoms with Gasteiger partial charge in [0.15, 0.2) is 0 Å². The van der Waals surface area contributed by atoms with Crippen molar-refractivity contribution in [3.8, 4) is 5.75 Å². The number of aromatic hydroxyl groups is 1. The van der Waals surface area contributed by atoms with Crippen LogP contribution in [0.2, 0.25) is 0 Å². The fraction of sp³-hybridized carbons (Fsp3) is 0.500. The zero-order valence-corrected chi connectivity index (χ0v) is 10.6. The Balaban J connectivity index is 1.75. The molecular formula is C14H20N2O2. The van der Waals surface area contributed by atoms with Crippen LogP contribution in [0.3, 0.4) is 0 Å². The second-order valence-electron chi connectivity index (χ2n) is 4.95. The average molecular weight is 248 g/mol. The Bertz CT molecular complexity index is 403. The third-order valence-electron chi connectivity index (χ3n) is 3.50. The molecule has 4 heteroatoms. The summed E-state index contributed by atoms with van der Waals surface area (Å²) in [6.07, 6.45) is 0.792. The Morgan fingerprint density at radius 2 is 2.11 bits per heavy atom. The van der Waals surface area contributed by atoms with Crippen molar-refractivity contribution >= 4 is 5.91 Å². The third kappa shape index (κ3) is 3.23. The topological polar surface area (TPSA) is 61.4 Å². The first-order valence-corrected chi connectivity index (χ1v) is 6.43. The van der Waals surface area contributed by atoms with Crippen LogP contribution in [0.1, 0.15) is 12.5 Å². The zero-order valence-electron chi connectivity index (χ0n) is 10.6. The van der Waals surface area contributed by atoms with E-state index in [1.165, 1.54) is 0 Å². The SMILES string of the molecule is C[C@@H]1CNC[C@H]1C(=O)NCCc1ccc(O)cc1. The van der Waals surface area contributed by atoms with Crippen molar-refractivity contribution in [3.63, 3.8) is 0 Å². The van der Waals surface area contributed by atoms with Gasteiger partial charge in [-0.15, -0.1) is 0 Å². The van der Waals surface area contributed by atoms with E-state index in [9.17, 15) is 4.79 Å². The fourth-order valence-corrected chi connectivity index (χ4v) is 2.28. The van der Waals surface area contributed by atoms with Crippen LogP contribution in [0.15, 0.2) is 24.3 Å². The Morgan fingerprint density at radius 3 is 2.72 bits per heavy atom. The quantitative estimate of drug-likeness (QED) is 0.742. The van der Waals surface area contributed by atoms with Crippen molar-refractivity contribution in [1.82, 2.24) is 10.6 Å². The number of rotatable bonds is 4. The minimum Gasteiger partial charge on any atom is -0.508 e. The standard InChI is InChI=1S/C14H20N2O2/c1-10-8-15-9-13(10)14(18)16-7-6-11-2-4-12(17)5-3-11/h2-5,10,13,15,17H,6-9H2,1H3,(H,16,18)/t10-,13-/m1/s1. The molecule has 0 unspecified atom stereocenters. The summed E-state index contributed by atoms with van der Waals surface area (Å²) in [7, 11) is 0. The summed E-state index contributed by atoms with van der Waals surface area (Å²) >= 11 is 0. The van der Waals surface area contributed by atoms with Gasteiger partial charge in [-0.2, -0.15) is 0 Å². The zero-order chi connectivity index (χ0) is 13.0. The largest absolute Gasteiger partial charge is 0.508 e. The second kappa shape index (κ2) is 5.87. The summed E-state index contributed by atoms with van der Waals surface area (Å²) in [5.41, 5.74) is 1.12. The van der Waals surface area contributed by atoms with Crippen molar-refractivity contribution in [3.05, 3.63) is 29.8 Å². The molecule has 0 spiro atoms. The van der Waals surface area contributed by atoms with E-state index in [-0.39, 0.29) is 17.6 Å². The maximum atomic E-state index is 11.9. The summed E-state index contributed by atoms with van der Waals surface area (Å²) in [5, 5.41) is 15.4. The smallest absolute Gasteiger partial charge is 0.224 e. The van der Waals surface area contributed by atoms with E-state index < -0.39 is 0 Å². The van der Waals surface area contributed by atoms with E-state index in [1.54, 1.807) is 12.1 Å². The highest BCUT2D eigenvalue weighted by Gasteiger charge is 2.28. The van der Waals surface area contributed by atoms with Crippen LogP contribution in [-0.4, -0.2) is 30.6 Å². The number of carbonyl (C=O) groups is 1. The molecule has 98 valence electrons. The van der Waals surface area contributed by atoms with Gasteiger partial charge in [-0.05, 0) is 36.6 Å². The number of phenolic OH excluding ortho intramolecular Hbond substituents is 1. The highest BCUT2D eigenvalue weighted by Crippen LogP contribution is 2.15. The first-order valence-electron chi connectivity index (χ1n) is 6.43. The molecule has 18 heavy (non-hydrogen) atoms. The first-order chi connectivity index (χ1) is 8.66. The van der Waals surface area contributed by atoms with Crippen LogP contribution in [0, 0.1) is 11.8 Å². The lowest BCUT2D eigenvalue weighted by molar-refractivity contribution is -0.125. The van der Waals surface area contributed by atoms with Crippen LogP contribution in [-0.2, 0) is 11.2 Å². The molecule has 1 aliphatic heterocycles. The highest BCUT2D eigenvalue weighted by molar-refractivity contribution is 5.79. The normalized spacial score (nSPS) is 22.9. The van der Waals surface area contributed by atoms with Crippen LogP contribution in [0.4, 0.5) is 0 Å². The summed E-state index contributed by atoms with van der Waals surface area (Å²) in [6, 6.07) is 7.09. The molecule has 2 atom stereocenters. The number of amides is 1. The van der Waals surface area contributed by atoms with Crippen molar-refractivity contribution in [2.45, 2.75) is 13.3 Å². The van der Waals surface area contributed by atoms with E-state index in [2.05, 4.69) is 17.6 Å². The molecular weight excluding hydrogens is 228 g/mol. The van der Waals surface area contributed by atoms with Crippen LogP contribution >= 0.6 is 0 Å². The van der Waals surface area contributed by atoms with Gasteiger partial charge in [-0.3, -0.25) is 4.79 Å². The molecule has 0 aromatic heterocycles. The molecule has 1 amide bonds. The summed E-state index contributed by atoms with van der Waals surface area (Å²) in [6.45, 7) is 4.46. The summed E-state index contributed by atoms with van der Waals surface area (Å²) in [4.78, 5) is 11.9. The van der Waals surface area contributed by atoms with Crippen molar-refractivity contribution < 1.29 is 9.90 Å². The molecule has 2 rings (SSSR count). The minimum atomic E-state index is 0.102. The molecule has 0 saturated carbocycles. The van der Waals surface area contributed by atoms with Crippen LogP contribution < -0.4 is 10.6 Å². The predicted octanol–water partition coefficient (Wildman–Crippen LogP) is 0.906. The summed E-state index contributed by atoms with van der Waals surface area (Å²) in [5.74, 6) is 0.934. The van der Waals surface area contributed by atoms with Crippen molar-refractivity contribution in [2.75, 3.05) is 19.6 Å². The van der Waals surface area contributed by atoms with E-state index in [0.717, 1.165) is 25.1 Å². The maximum absolute atomic E-state index is 11.9. The van der Waals surface area contributed by atoms with Gasteiger partial charge in [0, 0.05) is 13.1 Å². The van der Waals surface area contributed by atoms with Gasteiger partial charge < -0.3 is 15.7 Å². The van der Waals surface area contributed by atoms with E-state index in [4.69, 9.17) is 5.11 Å². The van der Waals surface area contributed by atoms with Gasteiger partial charge in [0.1, 0.15) is 5.75 Å². The number of nitrogens with one attached hydrogen (secondary N) is 2. The number of hydrogen-bond acceptors (Lipinski definition) is 3. The van der Waals surface area contributed by atoms with Crippen molar-refractivity contribution in [1.29, 1.82) is 0 Å². The summed E-state index contributed by atoms with van der Waals surface area (Å²) < 4.78 is 0. The predicted molar refractivity (Wildman–Crippen MR) is 70.3 cm³/mol. The molecule has 3 N–H and O–H groups in total. The van der Waals surface area contributed by atoms with E-state index >= 15 is 0 Å². The molecule has 4 nitrogen and oxygen atoms in total. The molecule has 0 bridgehead atoms. The number of carbonyl (C=O) groups excluding carboxylic acids is 1. The molecule has 1 heterocycles. The molecule has 0 aliphatic carbocycles. The molecule has 1 aliphatic rings. The maximum Gasteiger partial charge on any atom is 0.224 e. The molecule has 1 fully saturated rings. The van der Waals surface area contributed by atoms with E-state index in [0.29, 0.717) is 12.5 Å². The number of hydrogen-bond donors (Lipinski definition) is 3. The first kappa shape index (κ1) is 12.9. The Hall–Kier alpha value is -1.55. The molecule has 1 aromatic carbocycles. The number of phenols is 1. The number of benzene rings is 1. The third-order valence-corrected chi connectivity index (χ3v) is 3.50. The van der Waals surface area contributed by atoms with Gasteiger partial charge in [0.05, 0.1) is 5.92 Å². The van der Waals surface area contributed by atoms with Crippen LogP contribution in [0.5, 0.6) is 5.75 Å². The molecule has 1 aromatic rings. The lowest BCUT2D eigenvalue weighted by atomic mass is 9.97.